The standard InChI is InChI=1S/C27H23F4N5O3/c1-15(37)25(38)32-14-17-8-9-23(24(33-17)16-6-4-3-5-7-16)34-26(39)19-12-18(22-10-11-36(2)35-22)20(13-21(19)28)27(29,30)31/h3-13,15,37H,14H2,1-2H3,(H,32,38)(H,34,39). The molecule has 2 aromatic carbocycles. The van der Waals surface area contributed by atoms with Crippen LogP contribution in [0.15, 0.2) is 66.9 Å². The number of aryl methyl sites for hydroxylation is 1. The molecule has 4 rings (SSSR count). The van der Waals surface area contributed by atoms with Gasteiger partial charge in [-0.15, -0.1) is 0 Å². The summed E-state index contributed by atoms with van der Waals surface area (Å²) in [6.45, 7) is 1.30. The monoisotopic (exact) mass is 541 g/mol. The topological polar surface area (TPSA) is 109 Å². The number of carbonyl (C=O) groups is 2. The number of hydrogen-bond donors (Lipinski definition) is 3. The number of nitrogens with one attached hydrogen (secondary N) is 2. The Bertz CT molecular complexity index is 1520. The first-order valence-corrected chi connectivity index (χ1v) is 11.7. The van der Waals surface area contributed by atoms with Gasteiger partial charge < -0.3 is 15.7 Å². The molecule has 1 unspecified atom stereocenters. The first-order chi connectivity index (χ1) is 18.4. The van der Waals surface area contributed by atoms with E-state index in [1.165, 1.54) is 43.0 Å². The van der Waals surface area contributed by atoms with Gasteiger partial charge in [-0.2, -0.15) is 18.3 Å². The van der Waals surface area contributed by atoms with Crippen LogP contribution in [0.4, 0.5) is 23.2 Å². The first-order valence-electron chi connectivity index (χ1n) is 11.7. The number of pyridine rings is 1. The molecule has 39 heavy (non-hydrogen) atoms. The van der Waals surface area contributed by atoms with Crippen molar-refractivity contribution in [3.63, 3.8) is 0 Å². The average Bonchev–Trinajstić information content (AvgIpc) is 3.33. The van der Waals surface area contributed by atoms with Crippen LogP contribution in [0.5, 0.6) is 0 Å². The fourth-order valence-electron chi connectivity index (χ4n) is 3.78. The Morgan fingerprint density at radius 3 is 2.41 bits per heavy atom. The number of amides is 2. The Kier molecular flexibility index (Phi) is 7.77. The molecule has 8 nitrogen and oxygen atoms in total. The van der Waals surface area contributed by atoms with E-state index >= 15 is 0 Å². The summed E-state index contributed by atoms with van der Waals surface area (Å²) in [6.07, 6.45) is -4.67. The van der Waals surface area contributed by atoms with Gasteiger partial charge in [0, 0.05) is 24.4 Å². The van der Waals surface area contributed by atoms with E-state index in [1.807, 2.05) is 0 Å². The van der Waals surface area contributed by atoms with E-state index in [4.69, 9.17) is 0 Å². The van der Waals surface area contributed by atoms with Crippen LogP contribution >= 0.6 is 0 Å². The molecule has 0 spiro atoms. The second-order valence-electron chi connectivity index (χ2n) is 8.66. The Labute approximate surface area is 220 Å². The minimum atomic E-state index is -4.88. The van der Waals surface area contributed by atoms with Crippen molar-refractivity contribution in [2.24, 2.45) is 7.05 Å². The van der Waals surface area contributed by atoms with Crippen LogP contribution in [0.25, 0.3) is 22.5 Å². The molecule has 202 valence electrons. The van der Waals surface area contributed by atoms with E-state index in [0.29, 0.717) is 11.3 Å². The summed E-state index contributed by atoms with van der Waals surface area (Å²) in [5, 5.41) is 18.4. The molecule has 3 N–H and O–H groups in total. The van der Waals surface area contributed by atoms with Crippen molar-refractivity contribution in [2.75, 3.05) is 5.32 Å². The van der Waals surface area contributed by atoms with Gasteiger partial charge in [0.05, 0.1) is 40.4 Å². The van der Waals surface area contributed by atoms with Crippen LogP contribution in [0.2, 0.25) is 0 Å². The summed E-state index contributed by atoms with van der Waals surface area (Å²) in [7, 11) is 1.52. The van der Waals surface area contributed by atoms with Crippen LogP contribution in [0.3, 0.4) is 0 Å². The summed E-state index contributed by atoms with van der Waals surface area (Å²) >= 11 is 0. The molecule has 0 aliphatic heterocycles. The molecule has 0 fully saturated rings. The van der Waals surface area contributed by atoms with Crippen LogP contribution in [0, 0.1) is 5.82 Å². The van der Waals surface area contributed by atoms with E-state index in [9.17, 15) is 32.3 Å². The zero-order chi connectivity index (χ0) is 28.3. The Morgan fingerprint density at radius 2 is 1.79 bits per heavy atom. The number of alkyl halides is 3. The lowest BCUT2D eigenvalue weighted by molar-refractivity contribution is -0.137. The number of nitrogens with zero attached hydrogens (tertiary/aromatic N) is 3. The van der Waals surface area contributed by atoms with E-state index in [0.717, 1.165) is 6.07 Å². The average molecular weight is 542 g/mol. The zero-order valence-corrected chi connectivity index (χ0v) is 20.8. The Hall–Kier alpha value is -4.58. The fraction of sp³-hybridized carbons (Fsp3) is 0.185. The van der Waals surface area contributed by atoms with Gasteiger partial charge in [0.1, 0.15) is 11.9 Å². The zero-order valence-electron chi connectivity index (χ0n) is 20.8. The Morgan fingerprint density at radius 1 is 1.08 bits per heavy atom. The molecule has 0 aliphatic carbocycles. The first kappa shape index (κ1) is 27.5. The number of hydrogen-bond acceptors (Lipinski definition) is 5. The Balaban J connectivity index is 1.72. The predicted molar refractivity (Wildman–Crippen MR) is 135 cm³/mol. The summed E-state index contributed by atoms with van der Waals surface area (Å²) in [6, 6.07) is 14.1. The van der Waals surface area contributed by atoms with Crippen molar-refractivity contribution >= 4 is 17.5 Å². The molecule has 0 saturated heterocycles. The van der Waals surface area contributed by atoms with Crippen molar-refractivity contribution in [2.45, 2.75) is 25.7 Å². The smallest absolute Gasteiger partial charge is 0.384 e. The lowest BCUT2D eigenvalue weighted by Crippen LogP contribution is -2.32. The van der Waals surface area contributed by atoms with Gasteiger partial charge in [-0.25, -0.2) is 9.37 Å². The van der Waals surface area contributed by atoms with E-state index in [2.05, 4.69) is 20.7 Å². The van der Waals surface area contributed by atoms with Crippen molar-refractivity contribution < 1.29 is 32.3 Å². The lowest BCUT2D eigenvalue weighted by atomic mass is 9.99. The summed E-state index contributed by atoms with van der Waals surface area (Å²) in [5.74, 6) is -2.95. The number of aromatic nitrogens is 3. The van der Waals surface area contributed by atoms with Crippen LogP contribution < -0.4 is 10.6 Å². The highest BCUT2D eigenvalue weighted by Gasteiger charge is 2.36. The molecule has 2 amide bonds. The van der Waals surface area contributed by atoms with Gasteiger partial charge in [0.2, 0.25) is 5.91 Å². The molecule has 0 saturated carbocycles. The summed E-state index contributed by atoms with van der Waals surface area (Å²) < 4.78 is 57.3. The van der Waals surface area contributed by atoms with Crippen LogP contribution in [-0.4, -0.2) is 37.8 Å². The molecule has 0 aliphatic rings. The SMILES string of the molecule is CC(O)C(=O)NCc1ccc(NC(=O)c2cc(-c3ccn(C)n3)c(C(F)(F)F)cc2F)c(-c2ccccc2)n1. The number of halogens is 4. The van der Waals surface area contributed by atoms with Gasteiger partial charge in [0.25, 0.3) is 5.91 Å². The van der Waals surface area contributed by atoms with E-state index in [1.54, 1.807) is 30.3 Å². The van der Waals surface area contributed by atoms with Crippen molar-refractivity contribution in [1.29, 1.82) is 0 Å². The molecule has 0 radical (unpaired) electrons. The number of aliphatic hydroxyl groups is 1. The molecular weight excluding hydrogens is 518 g/mol. The van der Waals surface area contributed by atoms with Crippen LogP contribution in [0.1, 0.15) is 28.5 Å². The third-order valence-corrected chi connectivity index (χ3v) is 5.72. The maximum absolute atomic E-state index is 14.9. The predicted octanol–water partition coefficient (Wildman–Crippen LogP) is 4.56. The quantitative estimate of drug-likeness (QED) is 0.298. The van der Waals surface area contributed by atoms with Crippen molar-refractivity contribution in [3.8, 4) is 22.5 Å². The fourth-order valence-corrected chi connectivity index (χ4v) is 3.78. The molecular formula is C27H23F4N5O3. The third kappa shape index (κ3) is 6.29. The van der Waals surface area contributed by atoms with Gasteiger partial charge >= 0.3 is 6.18 Å². The summed E-state index contributed by atoms with van der Waals surface area (Å²) in [5.41, 5.74) is -0.964. The second kappa shape index (κ2) is 11.0. The molecule has 2 heterocycles. The van der Waals surface area contributed by atoms with Gasteiger partial charge in [0.15, 0.2) is 0 Å². The van der Waals surface area contributed by atoms with Gasteiger partial charge in [-0.1, -0.05) is 30.3 Å². The number of anilines is 1. The number of aliphatic hydroxyl groups excluding tert-OH is 1. The number of rotatable bonds is 7. The molecule has 2 aromatic heterocycles. The third-order valence-electron chi connectivity index (χ3n) is 5.72. The lowest BCUT2D eigenvalue weighted by Gasteiger charge is -2.16. The number of carbonyl (C=O) groups excluding carboxylic acids is 2. The van der Waals surface area contributed by atoms with Gasteiger partial charge in [-0.3, -0.25) is 14.3 Å². The van der Waals surface area contributed by atoms with Crippen molar-refractivity contribution in [3.05, 3.63) is 89.5 Å². The molecule has 4 aromatic rings. The minimum Gasteiger partial charge on any atom is -0.384 e. The van der Waals surface area contributed by atoms with E-state index in [-0.39, 0.29) is 29.7 Å². The second-order valence-corrected chi connectivity index (χ2v) is 8.66. The molecule has 1 atom stereocenters. The number of benzene rings is 2. The summed E-state index contributed by atoms with van der Waals surface area (Å²) in [4.78, 5) is 29.4. The van der Waals surface area contributed by atoms with Crippen molar-refractivity contribution in [1.82, 2.24) is 20.1 Å². The van der Waals surface area contributed by atoms with Crippen LogP contribution in [-0.2, 0) is 24.6 Å². The highest BCUT2D eigenvalue weighted by molar-refractivity contribution is 6.07. The van der Waals surface area contributed by atoms with Gasteiger partial charge in [-0.05, 0) is 37.3 Å². The highest BCUT2D eigenvalue weighted by Crippen LogP contribution is 2.38. The maximum atomic E-state index is 14.9. The maximum Gasteiger partial charge on any atom is 0.417 e. The largest absolute Gasteiger partial charge is 0.417 e. The normalized spacial score (nSPS) is 12.2. The highest BCUT2D eigenvalue weighted by atomic mass is 19.4. The van der Waals surface area contributed by atoms with E-state index < -0.39 is 46.6 Å². The molecule has 12 heteroatoms. The molecule has 0 bridgehead atoms. The minimum absolute atomic E-state index is 0.0151.